The molecule has 4 aromatic carbocycles. The number of esters is 3. The van der Waals surface area contributed by atoms with Gasteiger partial charge in [0, 0.05) is 17.7 Å². The van der Waals surface area contributed by atoms with Crippen LogP contribution in [0.4, 0.5) is 5.69 Å². The van der Waals surface area contributed by atoms with Crippen molar-refractivity contribution in [1.29, 1.82) is 0 Å². The minimum absolute atomic E-state index is 0.0188. The number of phenols is 1. The van der Waals surface area contributed by atoms with Crippen molar-refractivity contribution in [3.63, 3.8) is 0 Å². The van der Waals surface area contributed by atoms with Gasteiger partial charge in [-0.25, -0.2) is 0 Å². The predicted molar refractivity (Wildman–Crippen MR) is 189 cm³/mol. The quantitative estimate of drug-likeness (QED) is 0.110. The number of nitrogens with one attached hydrogen (secondary N) is 1. The Hall–Kier alpha value is -6.45. The van der Waals surface area contributed by atoms with Crippen molar-refractivity contribution < 1.29 is 43.3 Å². The van der Waals surface area contributed by atoms with Crippen LogP contribution in [0, 0.1) is 23.7 Å². The molecule has 1 spiro atoms. The molecule has 6 atom stereocenters. The lowest BCUT2D eigenvalue weighted by Gasteiger charge is -2.46. The fourth-order valence-corrected chi connectivity index (χ4v) is 8.16. The van der Waals surface area contributed by atoms with Crippen molar-refractivity contribution in [3.05, 3.63) is 131 Å². The number of rotatable bonds is 7. The minimum Gasteiger partial charge on any atom is -0.508 e. The number of carbonyl (C=O) groups is 5. The van der Waals surface area contributed by atoms with Crippen LogP contribution in [0.2, 0.25) is 0 Å². The van der Waals surface area contributed by atoms with Gasteiger partial charge in [0.2, 0.25) is 11.8 Å². The number of primary amides is 1. The number of carbonyl (C=O) groups excluding carboxylic acids is 5. The first-order valence-electron chi connectivity index (χ1n) is 16.9. The average molecular weight is 714 g/mol. The van der Waals surface area contributed by atoms with Crippen LogP contribution in [0.5, 0.6) is 5.75 Å². The number of hydrogen-bond donors (Lipinski definition) is 3. The summed E-state index contributed by atoms with van der Waals surface area (Å²) in [5.41, 5.74) is 7.65. The molecule has 3 aliphatic rings. The summed E-state index contributed by atoms with van der Waals surface area (Å²) >= 11 is 0. The summed E-state index contributed by atoms with van der Waals surface area (Å²) in [4.78, 5) is 69.6. The molecule has 12 heteroatoms. The lowest BCUT2D eigenvalue weighted by Crippen LogP contribution is -2.53. The number of cyclic esters (lactones) is 1. The van der Waals surface area contributed by atoms with Gasteiger partial charge in [0.1, 0.15) is 23.3 Å². The van der Waals surface area contributed by atoms with Crippen LogP contribution in [-0.2, 0) is 43.6 Å². The molecular weight excluding hydrogens is 678 g/mol. The van der Waals surface area contributed by atoms with Crippen LogP contribution in [0.3, 0.4) is 0 Å². The molecule has 0 saturated carbocycles. The normalized spacial score (nSPS) is 24.3. The summed E-state index contributed by atoms with van der Waals surface area (Å²) in [5.74, 6) is -0.668. The topological polar surface area (TPSA) is 175 Å². The summed E-state index contributed by atoms with van der Waals surface area (Å²) in [7, 11) is 2.31. The molecule has 2 saturated heterocycles. The Morgan fingerprint density at radius 3 is 2.09 bits per heavy atom. The number of aromatic hydroxyl groups is 1. The SMILES string of the molecule is COC(=O)C(CC#Cc1ccc2c(c1)[C@]1(C(=O)N2)[C@H](C(N)=O)[C@H]2C(=O)O[C@H](c3ccccc3)[C@H](c3ccccc3)N2[C@@H]1c1ccc(O)cc1)C(=O)OC. The van der Waals surface area contributed by atoms with Gasteiger partial charge < -0.3 is 30.4 Å². The Kier molecular flexibility index (Phi) is 9.19. The third-order valence-corrected chi connectivity index (χ3v) is 10.3. The maximum Gasteiger partial charge on any atom is 0.324 e. The first kappa shape index (κ1) is 35.0. The Balaban J connectivity index is 1.46. The van der Waals surface area contributed by atoms with E-state index in [-0.39, 0.29) is 12.2 Å². The number of methoxy groups -OCH3 is 2. The largest absolute Gasteiger partial charge is 0.508 e. The molecule has 0 aliphatic carbocycles. The Labute approximate surface area is 304 Å². The number of nitrogens with two attached hydrogens (primary N) is 1. The fraction of sp³-hybridized carbons (Fsp3) is 0.244. The van der Waals surface area contributed by atoms with Crippen molar-refractivity contribution in [1.82, 2.24) is 4.90 Å². The second-order valence-electron chi connectivity index (χ2n) is 13.1. The third-order valence-electron chi connectivity index (χ3n) is 10.3. The van der Waals surface area contributed by atoms with Crippen LogP contribution in [0.25, 0.3) is 0 Å². The maximum absolute atomic E-state index is 14.8. The molecule has 2 fully saturated rings. The summed E-state index contributed by atoms with van der Waals surface area (Å²) in [6.07, 6.45) is -1.05. The zero-order valence-corrected chi connectivity index (χ0v) is 28.7. The summed E-state index contributed by atoms with van der Waals surface area (Å²) in [6, 6.07) is 26.9. The van der Waals surface area contributed by atoms with Crippen LogP contribution in [-0.4, -0.2) is 60.0 Å². The van der Waals surface area contributed by atoms with Crippen molar-refractivity contribution in [2.24, 2.45) is 17.6 Å². The van der Waals surface area contributed by atoms with Crippen LogP contribution in [0.15, 0.2) is 103 Å². The summed E-state index contributed by atoms with van der Waals surface area (Å²) in [6.45, 7) is 0. The molecule has 3 heterocycles. The summed E-state index contributed by atoms with van der Waals surface area (Å²) < 4.78 is 15.8. The number of anilines is 1. The third kappa shape index (κ3) is 5.75. The molecule has 2 amide bonds. The van der Waals surface area contributed by atoms with Gasteiger partial charge in [-0.05, 0) is 52.6 Å². The average Bonchev–Trinajstić information content (AvgIpc) is 3.65. The Morgan fingerprint density at radius 2 is 1.49 bits per heavy atom. The Morgan fingerprint density at radius 1 is 0.868 bits per heavy atom. The number of fused-ring (bicyclic) bond motifs is 3. The zero-order chi connectivity index (χ0) is 37.4. The molecular formula is C41H35N3O9. The number of ether oxygens (including phenoxy) is 3. The van der Waals surface area contributed by atoms with Gasteiger partial charge in [-0.15, -0.1) is 0 Å². The van der Waals surface area contributed by atoms with Gasteiger partial charge in [-0.2, -0.15) is 0 Å². The molecule has 0 aromatic heterocycles. The first-order valence-corrected chi connectivity index (χ1v) is 16.9. The molecule has 4 N–H and O–H groups in total. The van der Waals surface area contributed by atoms with Crippen LogP contribution < -0.4 is 11.1 Å². The number of hydrogen-bond acceptors (Lipinski definition) is 10. The first-order chi connectivity index (χ1) is 25.6. The molecule has 12 nitrogen and oxygen atoms in total. The monoisotopic (exact) mass is 713 g/mol. The molecule has 0 unspecified atom stereocenters. The molecule has 0 bridgehead atoms. The lowest BCUT2D eigenvalue weighted by atomic mass is 9.65. The van der Waals surface area contributed by atoms with E-state index < -0.39 is 71.2 Å². The highest BCUT2D eigenvalue weighted by atomic mass is 16.6. The van der Waals surface area contributed by atoms with E-state index in [4.69, 9.17) is 19.9 Å². The molecule has 4 aromatic rings. The van der Waals surface area contributed by atoms with E-state index in [1.807, 2.05) is 65.6 Å². The van der Waals surface area contributed by atoms with Gasteiger partial charge in [-0.1, -0.05) is 84.6 Å². The highest BCUT2D eigenvalue weighted by Crippen LogP contribution is 2.64. The second-order valence-corrected chi connectivity index (χ2v) is 13.1. The van der Waals surface area contributed by atoms with E-state index in [0.29, 0.717) is 27.9 Å². The number of benzene rings is 4. The van der Waals surface area contributed by atoms with Crippen LogP contribution in [0.1, 0.15) is 52.4 Å². The van der Waals surface area contributed by atoms with Gasteiger partial charge >= 0.3 is 17.9 Å². The van der Waals surface area contributed by atoms with E-state index in [1.54, 1.807) is 30.3 Å². The van der Waals surface area contributed by atoms with Crippen molar-refractivity contribution in [2.45, 2.75) is 36.1 Å². The molecule has 53 heavy (non-hydrogen) atoms. The maximum atomic E-state index is 14.8. The van der Waals surface area contributed by atoms with E-state index in [1.165, 1.54) is 12.1 Å². The lowest BCUT2D eigenvalue weighted by molar-refractivity contribution is -0.178. The van der Waals surface area contributed by atoms with Crippen molar-refractivity contribution >= 4 is 35.4 Å². The van der Waals surface area contributed by atoms with E-state index in [9.17, 15) is 29.1 Å². The predicted octanol–water partition coefficient (Wildman–Crippen LogP) is 3.85. The fourth-order valence-electron chi connectivity index (χ4n) is 8.16. The van der Waals surface area contributed by atoms with Gasteiger partial charge in [0.15, 0.2) is 5.92 Å². The number of amides is 2. The molecule has 0 radical (unpaired) electrons. The van der Waals surface area contributed by atoms with Crippen molar-refractivity contribution in [3.8, 4) is 17.6 Å². The van der Waals surface area contributed by atoms with E-state index in [0.717, 1.165) is 19.8 Å². The number of phenolic OH excluding ortho intramolecular Hbond substituents is 1. The highest BCUT2D eigenvalue weighted by Gasteiger charge is 2.73. The van der Waals surface area contributed by atoms with Gasteiger partial charge in [-0.3, -0.25) is 28.9 Å². The van der Waals surface area contributed by atoms with Crippen molar-refractivity contribution in [2.75, 3.05) is 19.5 Å². The van der Waals surface area contributed by atoms with Gasteiger partial charge in [0.25, 0.3) is 0 Å². The molecule has 268 valence electrons. The molecule has 7 rings (SSSR count). The molecule has 3 aliphatic heterocycles. The van der Waals surface area contributed by atoms with E-state index in [2.05, 4.69) is 17.2 Å². The van der Waals surface area contributed by atoms with E-state index >= 15 is 0 Å². The number of morpholine rings is 1. The Bertz CT molecular complexity index is 2150. The summed E-state index contributed by atoms with van der Waals surface area (Å²) in [5, 5.41) is 13.3. The number of nitrogens with zero attached hydrogens (tertiary/aromatic N) is 1. The van der Waals surface area contributed by atoms with Crippen LogP contribution >= 0.6 is 0 Å². The smallest absolute Gasteiger partial charge is 0.324 e. The zero-order valence-electron chi connectivity index (χ0n) is 28.7. The standard InChI is InChI=1S/C41H35N3O9/c1-51-37(47)28(38(48)52-2)15-9-10-23-16-21-30-29(22-23)41(40(50)43-30)31(36(42)46)33-39(49)53-34(25-13-7-4-8-14-25)32(24-11-5-3-6-12-24)44(33)35(41)26-17-19-27(45)20-18-26/h3-8,11-14,16-22,28,31-35,45H,15H2,1-2H3,(H2,42,46)(H,43,50)/t31-,32-,33-,34+,35+,41-/m0/s1. The van der Waals surface area contributed by atoms with Gasteiger partial charge in [0.05, 0.1) is 32.2 Å². The highest BCUT2D eigenvalue weighted by molar-refractivity contribution is 6.12. The second kappa shape index (κ2) is 13.9. The minimum atomic E-state index is -1.79.